The summed E-state index contributed by atoms with van der Waals surface area (Å²) < 4.78 is 83.4. The van der Waals surface area contributed by atoms with Crippen LogP contribution in [0.5, 0.6) is 0 Å². The van der Waals surface area contributed by atoms with E-state index in [9.17, 15) is 26.3 Å². The SMILES string of the molecule is CC(C)(C)c1nc(CN(CC(F)(F)F)c2ccc(C#N)c(C(F)(F)F)c2)no1. The Morgan fingerprint density at radius 3 is 2.21 bits per heavy atom. The summed E-state index contributed by atoms with van der Waals surface area (Å²) >= 11 is 0. The average molecular weight is 406 g/mol. The van der Waals surface area contributed by atoms with Gasteiger partial charge in [0.15, 0.2) is 5.82 Å². The number of hydrogen-bond acceptors (Lipinski definition) is 5. The number of hydrogen-bond donors (Lipinski definition) is 0. The van der Waals surface area contributed by atoms with E-state index in [0.29, 0.717) is 11.0 Å². The fraction of sp³-hybridized carbons (Fsp3) is 0.471. The van der Waals surface area contributed by atoms with Gasteiger partial charge in [0, 0.05) is 11.1 Å². The summed E-state index contributed by atoms with van der Waals surface area (Å²) in [6.45, 7) is 3.22. The first-order valence-corrected chi connectivity index (χ1v) is 7.97. The van der Waals surface area contributed by atoms with E-state index in [2.05, 4.69) is 10.1 Å². The number of anilines is 1. The van der Waals surface area contributed by atoms with E-state index in [1.165, 1.54) is 6.07 Å². The van der Waals surface area contributed by atoms with Crippen molar-refractivity contribution in [2.24, 2.45) is 0 Å². The molecule has 11 heteroatoms. The molecule has 0 spiro atoms. The van der Waals surface area contributed by atoms with Crippen molar-refractivity contribution in [3.05, 3.63) is 41.0 Å². The second kappa shape index (κ2) is 7.33. The smallest absolute Gasteiger partial charge is 0.355 e. The van der Waals surface area contributed by atoms with Gasteiger partial charge in [-0.3, -0.25) is 0 Å². The molecule has 152 valence electrons. The second-order valence-corrected chi connectivity index (χ2v) is 7.08. The molecule has 0 atom stereocenters. The van der Waals surface area contributed by atoms with Crippen LogP contribution in [0.1, 0.15) is 43.6 Å². The Morgan fingerprint density at radius 2 is 1.75 bits per heavy atom. The summed E-state index contributed by atoms with van der Waals surface area (Å²) in [6, 6.07) is 3.74. The number of benzene rings is 1. The molecule has 1 aromatic heterocycles. The summed E-state index contributed by atoms with van der Waals surface area (Å²) in [7, 11) is 0. The maximum atomic E-state index is 13.1. The molecule has 0 aliphatic carbocycles. The van der Waals surface area contributed by atoms with Crippen molar-refractivity contribution in [1.29, 1.82) is 5.26 Å². The highest BCUT2D eigenvalue weighted by Gasteiger charge is 2.36. The molecule has 1 aromatic carbocycles. The van der Waals surface area contributed by atoms with Gasteiger partial charge in [0.25, 0.3) is 0 Å². The maximum Gasteiger partial charge on any atom is 0.417 e. The van der Waals surface area contributed by atoms with E-state index in [1.807, 2.05) is 0 Å². The number of halogens is 6. The van der Waals surface area contributed by atoms with Crippen molar-refractivity contribution >= 4 is 5.69 Å². The molecule has 0 aliphatic rings. The molecule has 0 N–H and O–H groups in total. The Labute approximate surface area is 156 Å². The summed E-state index contributed by atoms with van der Waals surface area (Å²) in [4.78, 5) is 4.67. The first kappa shape index (κ1) is 21.5. The maximum absolute atomic E-state index is 13.1. The lowest BCUT2D eigenvalue weighted by atomic mass is 9.97. The summed E-state index contributed by atoms with van der Waals surface area (Å²) in [5.74, 6) is 0.0809. The molecule has 2 aromatic rings. The van der Waals surface area contributed by atoms with Gasteiger partial charge in [-0.05, 0) is 18.2 Å². The molecule has 0 fully saturated rings. The van der Waals surface area contributed by atoms with Crippen LogP contribution >= 0.6 is 0 Å². The van der Waals surface area contributed by atoms with Crippen LogP contribution in [0.4, 0.5) is 32.0 Å². The lowest BCUT2D eigenvalue weighted by Crippen LogP contribution is -2.34. The summed E-state index contributed by atoms with van der Waals surface area (Å²) in [5.41, 5.74) is -2.91. The van der Waals surface area contributed by atoms with Crippen LogP contribution in [-0.4, -0.2) is 22.9 Å². The number of alkyl halides is 6. The van der Waals surface area contributed by atoms with Crippen molar-refractivity contribution in [2.45, 2.75) is 45.1 Å². The highest BCUT2D eigenvalue weighted by molar-refractivity contribution is 5.55. The van der Waals surface area contributed by atoms with Crippen LogP contribution in [0.3, 0.4) is 0 Å². The second-order valence-electron chi connectivity index (χ2n) is 7.08. The number of aromatic nitrogens is 2. The molecule has 0 radical (unpaired) electrons. The van der Waals surface area contributed by atoms with Crippen molar-refractivity contribution in [1.82, 2.24) is 10.1 Å². The van der Waals surface area contributed by atoms with Gasteiger partial charge in [0.2, 0.25) is 5.89 Å². The lowest BCUT2D eigenvalue weighted by Gasteiger charge is -2.25. The van der Waals surface area contributed by atoms with Crippen molar-refractivity contribution in [3.63, 3.8) is 0 Å². The Kier molecular flexibility index (Phi) is 5.64. The van der Waals surface area contributed by atoms with Crippen LogP contribution in [0.15, 0.2) is 22.7 Å². The van der Waals surface area contributed by atoms with Crippen LogP contribution in [0.2, 0.25) is 0 Å². The number of rotatable bonds is 4. The van der Waals surface area contributed by atoms with E-state index in [-0.39, 0.29) is 17.4 Å². The Bertz CT molecular complexity index is 873. The topological polar surface area (TPSA) is 66.0 Å². The van der Waals surface area contributed by atoms with Gasteiger partial charge in [0.05, 0.1) is 23.7 Å². The number of nitrogens with zero attached hydrogens (tertiary/aromatic N) is 4. The van der Waals surface area contributed by atoms with Gasteiger partial charge >= 0.3 is 12.4 Å². The fourth-order valence-electron chi connectivity index (χ4n) is 2.31. The predicted molar refractivity (Wildman–Crippen MR) is 86.3 cm³/mol. The van der Waals surface area contributed by atoms with Gasteiger partial charge in [-0.15, -0.1) is 0 Å². The monoisotopic (exact) mass is 406 g/mol. The van der Waals surface area contributed by atoms with Gasteiger partial charge in [-0.1, -0.05) is 25.9 Å². The molecule has 0 unspecified atom stereocenters. The third kappa shape index (κ3) is 5.37. The largest absolute Gasteiger partial charge is 0.417 e. The van der Waals surface area contributed by atoms with Gasteiger partial charge in [-0.25, -0.2) is 0 Å². The molecule has 28 heavy (non-hydrogen) atoms. The normalized spacial score (nSPS) is 12.7. The molecule has 0 bridgehead atoms. The Balaban J connectivity index is 2.44. The molecule has 0 saturated heterocycles. The van der Waals surface area contributed by atoms with Crippen molar-refractivity contribution < 1.29 is 30.9 Å². The van der Waals surface area contributed by atoms with Gasteiger partial charge in [0.1, 0.15) is 6.54 Å². The van der Waals surface area contributed by atoms with E-state index >= 15 is 0 Å². The molecule has 5 nitrogen and oxygen atoms in total. The van der Waals surface area contributed by atoms with E-state index in [0.717, 1.165) is 12.1 Å². The highest BCUT2D eigenvalue weighted by Crippen LogP contribution is 2.35. The minimum absolute atomic E-state index is 0.105. The average Bonchev–Trinajstić information content (AvgIpc) is 3.00. The Hall–Kier alpha value is -2.77. The molecule has 2 rings (SSSR count). The third-order valence-electron chi connectivity index (χ3n) is 3.61. The summed E-state index contributed by atoms with van der Waals surface area (Å²) in [6.07, 6.45) is -9.58. The minimum atomic E-state index is -4.89. The predicted octanol–water partition coefficient (Wildman–Crippen LogP) is 4.83. The van der Waals surface area contributed by atoms with Crippen LogP contribution in [0, 0.1) is 11.3 Å². The first-order valence-electron chi connectivity index (χ1n) is 7.97. The Morgan fingerprint density at radius 1 is 1.11 bits per heavy atom. The van der Waals surface area contributed by atoms with Gasteiger partial charge in [-0.2, -0.15) is 36.6 Å². The fourth-order valence-corrected chi connectivity index (χ4v) is 2.31. The van der Waals surface area contributed by atoms with E-state index < -0.39 is 42.0 Å². The summed E-state index contributed by atoms with van der Waals surface area (Å²) in [5, 5.41) is 12.4. The minimum Gasteiger partial charge on any atom is -0.355 e. The van der Waals surface area contributed by atoms with Gasteiger partial charge < -0.3 is 9.42 Å². The van der Waals surface area contributed by atoms with Crippen LogP contribution < -0.4 is 4.90 Å². The zero-order chi connectivity index (χ0) is 21.3. The van der Waals surface area contributed by atoms with Crippen molar-refractivity contribution in [2.75, 3.05) is 11.4 Å². The quantitative estimate of drug-likeness (QED) is 0.681. The number of nitriles is 1. The molecule has 0 aliphatic heterocycles. The van der Waals surface area contributed by atoms with Crippen LogP contribution in [-0.2, 0) is 18.1 Å². The van der Waals surface area contributed by atoms with Crippen LogP contribution in [0.25, 0.3) is 0 Å². The molecule has 0 saturated carbocycles. The zero-order valence-corrected chi connectivity index (χ0v) is 15.1. The zero-order valence-electron chi connectivity index (χ0n) is 15.1. The first-order chi connectivity index (χ1) is 12.7. The highest BCUT2D eigenvalue weighted by atomic mass is 19.4. The van der Waals surface area contributed by atoms with E-state index in [4.69, 9.17) is 9.78 Å². The molecule has 1 heterocycles. The van der Waals surface area contributed by atoms with Crippen molar-refractivity contribution in [3.8, 4) is 6.07 Å². The lowest BCUT2D eigenvalue weighted by molar-refractivity contribution is -0.137. The third-order valence-corrected chi connectivity index (χ3v) is 3.61. The standard InChI is InChI=1S/C17H16F6N4O/c1-15(2,3)14-25-13(26-28-14)8-27(9-16(18,19)20)11-5-4-10(7-24)12(6-11)17(21,22)23/h4-6H,8-9H2,1-3H3. The van der Waals surface area contributed by atoms with E-state index in [1.54, 1.807) is 20.8 Å². The molecular formula is C17H16F6N4O. The molecule has 0 amide bonds. The molecular weight excluding hydrogens is 390 g/mol.